The van der Waals surface area contributed by atoms with E-state index in [1.807, 2.05) is 12.1 Å². The second kappa shape index (κ2) is 5.01. The molecular weight excluding hydrogens is 267 g/mol. The van der Waals surface area contributed by atoms with Crippen molar-refractivity contribution < 1.29 is 0 Å². The lowest BCUT2D eigenvalue weighted by Gasteiger charge is -2.30. The molecule has 0 spiro atoms. The van der Waals surface area contributed by atoms with Gasteiger partial charge < -0.3 is 5.73 Å². The summed E-state index contributed by atoms with van der Waals surface area (Å²) in [4.78, 5) is 2.53. The topological polar surface area (TPSA) is 29.3 Å². The lowest BCUT2D eigenvalue weighted by Crippen LogP contribution is -2.35. The Morgan fingerprint density at radius 3 is 2.61 bits per heavy atom. The molecule has 98 valence electrons. The first-order valence-electron chi connectivity index (χ1n) is 6.64. The van der Waals surface area contributed by atoms with Gasteiger partial charge in [0.05, 0.1) is 0 Å². The molecule has 3 rings (SSSR count). The highest BCUT2D eigenvalue weighted by Gasteiger charge is 2.36. The molecule has 2 N–H and O–H groups in total. The zero-order chi connectivity index (χ0) is 12.7. The zero-order valence-electron chi connectivity index (χ0n) is 10.3. The monoisotopic (exact) mass is 284 g/mol. The highest BCUT2D eigenvalue weighted by Crippen LogP contribution is 2.42. The molecule has 1 aromatic carbocycles. The average Bonchev–Trinajstić information content (AvgIpc) is 2.93. The largest absolute Gasteiger partial charge is 0.329 e. The van der Waals surface area contributed by atoms with Crippen molar-refractivity contribution in [1.29, 1.82) is 0 Å². The standard InChI is InChI=1S/C14H18Cl2N2/c15-9-5-11-12(13(16)6-9)8-18(14(11)7-17)10-3-1-2-4-10/h5-6,10,14H,1-4,7-8,17H2. The molecule has 1 aromatic rings. The maximum absolute atomic E-state index is 6.32. The first-order valence-corrected chi connectivity index (χ1v) is 7.40. The summed E-state index contributed by atoms with van der Waals surface area (Å²) in [6.07, 6.45) is 5.25. The third kappa shape index (κ3) is 2.05. The predicted octanol–water partition coefficient (Wildman–Crippen LogP) is 3.75. The summed E-state index contributed by atoms with van der Waals surface area (Å²) >= 11 is 12.4. The number of rotatable bonds is 2. The summed E-state index contributed by atoms with van der Waals surface area (Å²) in [5.41, 5.74) is 8.44. The number of nitrogens with two attached hydrogens (primary N) is 1. The van der Waals surface area contributed by atoms with E-state index >= 15 is 0 Å². The minimum absolute atomic E-state index is 0.291. The van der Waals surface area contributed by atoms with E-state index in [0.29, 0.717) is 23.7 Å². The fourth-order valence-corrected chi connectivity index (χ4v) is 4.01. The second-order valence-corrected chi connectivity index (χ2v) is 6.16. The molecule has 1 aliphatic heterocycles. The molecule has 2 aliphatic rings. The molecule has 1 fully saturated rings. The van der Waals surface area contributed by atoms with Crippen LogP contribution in [0.2, 0.25) is 10.0 Å². The molecule has 18 heavy (non-hydrogen) atoms. The first-order chi connectivity index (χ1) is 8.70. The highest BCUT2D eigenvalue weighted by atomic mass is 35.5. The van der Waals surface area contributed by atoms with Crippen LogP contribution in [-0.4, -0.2) is 17.5 Å². The Balaban J connectivity index is 1.96. The number of fused-ring (bicyclic) bond motifs is 1. The van der Waals surface area contributed by atoms with Gasteiger partial charge in [0.2, 0.25) is 0 Å². The first kappa shape index (κ1) is 12.7. The van der Waals surface area contributed by atoms with Crippen molar-refractivity contribution >= 4 is 23.2 Å². The van der Waals surface area contributed by atoms with Crippen molar-refractivity contribution in [1.82, 2.24) is 4.90 Å². The predicted molar refractivity (Wildman–Crippen MR) is 76.1 cm³/mol. The van der Waals surface area contributed by atoms with Gasteiger partial charge in [-0.2, -0.15) is 0 Å². The van der Waals surface area contributed by atoms with Crippen LogP contribution in [0.4, 0.5) is 0 Å². The Labute approximate surface area is 118 Å². The van der Waals surface area contributed by atoms with Crippen LogP contribution in [0.3, 0.4) is 0 Å². The maximum Gasteiger partial charge on any atom is 0.0481 e. The van der Waals surface area contributed by atoms with Crippen LogP contribution in [0.15, 0.2) is 12.1 Å². The lowest BCUT2D eigenvalue weighted by molar-refractivity contribution is 0.152. The molecule has 4 heteroatoms. The van der Waals surface area contributed by atoms with Crippen molar-refractivity contribution in [3.05, 3.63) is 33.3 Å². The van der Waals surface area contributed by atoms with Gasteiger partial charge in [-0.1, -0.05) is 36.0 Å². The normalized spacial score (nSPS) is 24.7. The van der Waals surface area contributed by atoms with Gasteiger partial charge in [0.15, 0.2) is 0 Å². The molecule has 0 saturated heterocycles. The second-order valence-electron chi connectivity index (χ2n) is 5.32. The van der Waals surface area contributed by atoms with E-state index in [-0.39, 0.29) is 0 Å². The Morgan fingerprint density at radius 2 is 1.94 bits per heavy atom. The van der Waals surface area contributed by atoms with E-state index in [1.54, 1.807) is 0 Å². The Morgan fingerprint density at radius 1 is 1.22 bits per heavy atom. The number of benzene rings is 1. The highest BCUT2D eigenvalue weighted by molar-refractivity contribution is 6.35. The van der Waals surface area contributed by atoms with Gasteiger partial charge in [-0.15, -0.1) is 0 Å². The van der Waals surface area contributed by atoms with Crippen molar-refractivity contribution in [2.45, 2.75) is 44.3 Å². The Bertz CT molecular complexity index is 455. The molecule has 0 amide bonds. The molecular formula is C14H18Cl2N2. The van der Waals surface area contributed by atoms with Gasteiger partial charge >= 0.3 is 0 Å². The summed E-state index contributed by atoms with van der Waals surface area (Å²) in [5, 5.41) is 1.50. The zero-order valence-corrected chi connectivity index (χ0v) is 11.8. The molecule has 2 nitrogen and oxygen atoms in total. The smallest absolute Gasteiger partial charge is 0.0481 e. The maximum atomic E-state index is 6.32. The molecule has 1 unspecified atom stereocenters. The van der Waals surface area contributed by atoms with Gasteiger partial charge in [-0.05, 0) is 36.1 Å². The number of hydrogen-bond acceptors (Lipinski definition) is 2. The summed E-state index contributed by atoms with van der Waals surface area (Å²) in [5.74, 6) is 0. The fourth-order valence-electron chi connectivity index (χ4n) is 3.44. The van der Waals surface area contributed by atoms with Gasteiger partial charge in [0, 0.05) is 35.2 Å². The Kier molecular flexibility index (Phi) is 3.55. The molecule has 0 radical (unpaired) electrons. The third-order valence-corrected chi connectivity index (χ3v) is 4.87. The third-order valence-electron chi connectivity index (χ3n) is 4.31. The van der Waals surface area contributed by atoms with E-state index in [1.165, 1.54) is 36.8 Å². The van der Waals surface area contributed by atoms with Gasteiger partial charge in [-0.3, -0.25) is 4.90 Å². The van der Waals surface area contributed by atoms with Gasteiger partial charge in [0.25, 0.3) is 0 Å². The molecule has 0 bridgehead atoms. The van der Waals surface area contributed by atoms with E-state index in [0.717, 1.165) is 11.6 Å². The van der Waals surface area contributed by atoms with E-state index in [9.17, 15) is 0 Å². The number of nitrogens with zero attached hydrogens (tertiary/aromatic N) is 1. The summed E-state index contributed by atoms with van der Waals surface area (Å²) < 4.78 is 0. The summed E-state index contributed by atoms with van der Waals surface area (Å²) in [6.45, 7) is 1.57. The minimum atomic E-state index is 0.291. The van der Waals surface area contributed by atoms with E-state index in [4.69, 9.17) is 28.9 Å². The van der Waals surface area contributed by atoms with Gasteiger partial charge in [0.1, 0.15) is 0 Å². The molecule has 1 atom stereocenters. The van der Waals surface area contributed by atoms with Crippen molar-refractivity contribution in [2.75, 3.05) is 6.54 Å². The summed E-state index contributed by atoms with van der Waals surface area (Å²) in [6, 6.07) is 4.84. The number of halogens is 2. The number of hydrogen-bond donors (Lipinski definition) is 1. The van der Waals surface area contributed by atoms with Crippen LogP contribution in [0.5, 0.6) is 0 Å². The van der Waals surface area contributed by atoms with Crippen molar-refractivity contribution in [3.63, 3.8) is 0 Å². The fraction of sp³-hybridized carbons (Fsp3) is 0.571. The van der Waals surface area contributed by atoms with Crippen molar-refractivity contribution in [2.24, 2.45) is 5.73 Å². The van der Waals surface area contributed by atoms with Crippen LogP contribution in [0, 0.1) is 0 Å². The van der Waals surface area contributed by atoms with Crippen LogP contribution < -0.4 is 5.73 Å². The molecule has 1 heterocycles. The van der Waals surface area contributed by atoms with Crippen LogP contribution in [0.25, 0.3) is 0 Å². The van der Waals surface area contributed by atoms with Gasteiger partial charge in [-0.25, -0.2) is 0 Å². The molecule has 0 aromatic heterocycles. The quantitative estimate of drug-likeness (QED) is 0.896. The SMILES string of the molecule is NCC1c2cc(Cl)cc(Cl)c2CN1C1CCCC1. The van der Waals surface area contributed by atoms with Crippen LogP contribution >= 0.6 is 23.2 Å². The average molecular weight is 285 g/mol. The van der Waals surface area contributed by atoms with Crippen LogP contribution in [-0.2, 0) is 6.54 Å². The van der Waals surface area contributed by atoms with E-state index < -0.39 is 0 Å². The molecule has 1 saturated carbocycles. The van der Waals surface area contributed by atoms with E-state index in [2.05, 4.69) is 4.90 Å². The molecule has 1 aliphatic carbocycles. The minimum Gasteiger partial charge on any atom is -0.329 e. The van der Waals surface area contributed by atoms with Crippen LogP contribution in [0.1, 0.15) is 42.9 Å². The van der Waals surface area contributed by atoms with Crippen molar-refractivity contribution in [3.8, 4) is 0 Å². The Hall–Kier alpha value is -0.280. The lowest BCUT2D eigenvalue weighted by atomic mass is 10.0. The summed E-state index contributed by atoms with van der Waals surface area (Å²) in [7, 11) is 0.